The van der Waals surface area contributed by atoms with Crippen molar-refractivity contribution in [1.82, 2.24) is 10.2 Å². The van der Waals surface area contributed by atoms with Gasteiger partial charge in [-0.15, -0.1) is 0 Å². The number of urea groups is 1. The molecule has 2 amide bonds. The summed E-state index contributed by atoms with van der Waals surface area (Å²) in [4.78, 5) is 13.7. The topological polar surface area (TPSA) is 44.4 Å². The third kappa shape index (κ3) is 4.69. The number of carbonyl (C=O) groups is 1. The summed E-state index contributed by atoms with van der Waals surface area (Å²) in [5.74, 6) is -4.85. The molecule has 0 saturated heterocycles. The lowest BCUT2D eigenvalue weighted by Crippen LogP contribution is -2.37. The zero-order chi connectivity index (χ0) is 18.6. The van der Waals surface area contributed by atoms with Gasteiger partial charge in [-0.2, -0.15) is 0 Å². The van der Waals surface area contributed by atoms with Crippen LogP contribution in [0.25, 0.3) is 0 Å². The van der Waals surface area contributed by atoms with Gasteiger partial charge in [-0.3, -0.25) is 0 Å². The highest BCUT2D eigenvalue weighted by molar-refractivity contribution is 5.89. The van der Waals surface area contributed by atoms with Gasteiger partial charge in [0.25, 0.3) is 0 Å². The molecule has 0 aliphatic heterocycles. The van der Waals surface area contributed by atoms with Crippen LogP contribution in [0, 0.1) is 23.3 Å². The summed E-state index contributed by atoms with van der Waals surface area (Å²) in [6.45, 7) is 0.135. The number of nitrogens with one attached hydrogen (secondary N) is 2. The van der Waals surface area contributed by atoms with Gasteiger partial charge in [-0.1, -0.05) is 12.1 Å². The Kier molecular flexibility index (Phi) is 5.97. The van der Waals surface area contributed by atoms with Gasteiger partial charge in [0.05, 0.1) is 11.7 Å². The highest BCUT2D eigenvalue weighted by Gasteiger charge is 2.18. The average molecular weight is 355 g/mol. The van der Waals surface area contributed by atoms with Crippen molar-refractivity contribution in [3.63, 3.8) is 0 Å². The van der Waals surface area contributed by atoms with Gasteiger partial charge >= 0.3 is 6.03 Å². The maximum Gasteiger partial charge on any atom is 0.319 e. The van der Waals surface area contributed by atoms with Crippen molar-refractivity contribution >= 4 is 11.7 Å². The van der Waals surface area contributed by atoms with E-state index in [2.05, 4.69) is 10.6 Å². The van der Waals surface area contributed by atoms with Crippen molar-refractivity contribution in [2.24, 2.45) is 0 Å². The first-order valence-corrected chi connectivity index (χ1v) is 7.40. The fourth-order valence-corrected chi connectivity index (χ4v) is 2.26. The third-order valence-electron chi connectivity index (χ3n) is 3.62. The number of carbonyl (C=O) groups excluding carboxylic acids is 1. The molecule has 0 aromatic heterocycles. The standard InChI is InChI=1S/C17H17F4N3O/c1-24(2)14(10-3-5-11(18)6-4-10)9-22-17(25)23-13-8-7-12(19)15(20)16(13)21/h3-8,14H,9H2,1-2H3,(H2,22,23,25). The van der Waals surface area contributed by atoms with Crippen molar-refractivity contribution in [2.75, 3.05) is 26.0 Å². The first-order chi connectivity index (χ1) is 11.8. The average Bonchev–Trinajstić information content (AvgIpc) is 2.57. The fourth-order valence-electron chi connectivity index (χ4n) is 2.26. The van der Waals surface area contributed by atoms with Gasteiger partial charge in [0.15, 0.2) is 17.5 Å². The molecule has 2 aromatic carbocycles. The molecule has 134 valence electrons. The molecule has 2 rings (SSSR count). The van der Waals surface area contributed by atoms with Crippen LogP contribution in [0.15, 0.2) is 36.4 Å². The van der Waals surface area contributed by atoms with E-state index in [1.54, 1.807) is 26.2 Å². The van der Waals surface area contributed by atoms with Crippen LogP contribution in [-0.2, 0) is 0 Å². The molecular formula is C17H17F4N3O. The van der Waals surface area contributed by atoms with Crippen molar-refractivity contribution in [3.05, 3.63) is 65.2 Å². The van der Waals surface area contributed by atoms with E-state index >= 15 is 0 Å². The highest BCUT2D eigenvalue weighted by Crippen LogP contribution is 2.20. The van der Waals surface area contributed by atoms with Crippen LogP contribution in [-0.4, -0.2) is 31.6 Å². The second-order valence-corrected chi connectivity index (χ2v) is 5.59. The van der Waals surface area contributed by atoms with Crippen molar-refractivity contribution in [3.8, 4) is 0 Å². The Bertz CT molecular complexity index is 750. The van der Waals surface area contributed by atoms with Crippen LogP contribution < -0.4 is 10.6 Å². The van der Waals surface area contributed by atoms with Crippen LogP contribution in [0.1, 0.15) is 11.6 Å². The molecule has 0 radical (unpaired) electrons. The number of benzene rings is 2. The van der Waals surface area contributed by atoms with Crippen LogP contribution >= 0.6 is 0 Å². The van der Waals surface area contributed by atoms with Gasteiger partial charge in [-0.25, -0.2) is 22.4 Å². The molecule has 8 heteroatoms. The Morgan fingerprint density at radius 3 is 2.24 bits per heavy atom. The lowest BCUT2D eigenvalue weighted by atomic mass is 10.1. The molecule has 0 spiro atoms. The smallest absolute Gasteiger partial charge is 0.319 e. The predicted molar refractivity (Wildman–Crippen MR) is 86.2 cm³/mol. The zero-order valence-electron chi connectivity index (χ0n) is 13.6. The number of anilines is 1. The van der Waals surface area contributed by atoms with Crippen molar-refractivity contribution < 1.29 is 22.4 Å². The molecule has 4 nitrogen and oxygen atoms in total. The van der Waals surface area contributed by atoms with Crippen molar-refractivity contribution in [2.45, 2.75) is 6.04 Å². The second kappa shape index (κ2) is 7.98. The van der Waals surface area contributed by atoms with Crippen LogP contribution in [0.2, 0.25) is 0 Å². The van der Waals surface area contributed by atoms with Gasteiger partial charge in [0.1, 0.15) is 5.82 Å². The Hall–Kier alpha value is -2.61. The molecule has 2 N–H and O–H groups in total. The van der Waals surface area contributed by atoms with Crippen molar-refractivity contribution in [1.29, 1.82) is 0 Å². The first kappa shape index (κ1) is 18.7. The Balaban J connectivity index is 2.02. The molecule has 0 fully saturated rings. The minimum Gasteiger partial charge on any atom is -0.336 e. The SMILES string of the molecule is CN(C)C(CNC(=O)Nc1ccc(F)c(F)c1F)c1ccc(F)cc1. The number of hydrogen-bond acceptors (Lipinski definition) is 2. The molecule has 0 aliphatic rings. The zero-order valence-corrected chi connectivity index (χ0v) is 13.6. The Morgan fingerprint density at radius 1 is 1.00 bits per heavy atom. The predicted octanol–water partition coefficient (Wildman–Crippen LogP) is 3.67. The van der Waals surface area contributed by atoms with Gasteiger partial charge in [0, 0.05) is 6.54 Å². The van der Waals surface area contributed by atoms with Gasteiger partial charge in [-0.05, 0) is 43.9 Å². The van der Waals surface area contributed by atoms with E-state index in [0.29, 0.717) is 0 Å². The summed E-state index contributed by atoms with van der Waals surface area (Å²) in [7, 11) is 3.56. The maximum atomic E-state index is 13.6. The molecule has 0 saturated carbocycles. The van der Waals surface area contributed by atoms with E-state index in [1.807, 2.05) is 4.90 Å². The Morgan fingerprint density at radius 2 is 1.64 bits per heavy atom. The molecule has 2 aromatic rings. The second-order valence-electron chi connectivity index (χ2n) is 5.59. The lowest BCUT2D eigenvalue weighted by molar-refractivity contribution is 0.243. The Labute approximate surface area is 142 Å². The number of halogens is 4. The normalized spacial score (nSPS) is 12.1. The quantitative estimate of drug-likeness (QED) is 0.635. The molecule has 25 heavy (non-hydrogen) atoms. The fraction of sp³-hybridized carbons (Fsp3) is 0.235. The third-order valence-corrected chi connectivity index (χ3v) is 3.62. The van der Waals surface area contributed by atoms with E-state index in [1.165, 1.54) is 12.1 Å². The first-order valence-electron chi connectivity index (χ1n) is 7.40. The van der Waals surface area contributed by atoms with Crippen LogP contribution in [0.3, 0.4) is 0 Å². The summed E-state index contributed by atoms with van der Waals surface area (Å²) in [5, 5.41) is 4.64. The van der Waals surface area contributed by atoms with Crippen LogP contribution in [0.5, 0.6) is 0 Å². The minimum absolute atomic E-state index is 0.135. The van der Waals surface area contributed by atoms with Crippen LogP contribution in [0.4, 0.5) is 28.0 Å². The summed E-state index contributed by atoms with van der Waals surface area (Å²) in [6.07, 6.45) is 0. The summed E-state index contributed by atoms with van der Waals surface area (Å²) in [6, 6.07) is 6.40. The van der Waals surface area contributed by atoms with E-state index in [-0.39, 0.29) is 18.4 Å². The summed E-state index contributed by atoms with van der Waals surface area (Å²) in [5.41, 5.74) is 0.297. The molecule has 0 aliphatic carbocycles. The largest absolute Gasteiger partial charge is 0.336 e. The number of amides is 2. The molecule has 1 atom stereocenters. The number of hydrogen-bond donors (Lipinski definition) is 2. The summed E-state index contributed by atoms with van der Waals surface area (Å²) < 4.78 is 52.6. The maximum absolute atomic E-state index is 13.6. The molecule has 0 bridgehead atoms. The van der Waals surface area contributed by atoms with Gasteiger partial charge < -0.3 is 15.5 Å². The number of rotatable bonds is 5. The van der Waals surface area contributed by atoms with E-state index in [9.17, 15) is 22.4 Å². The molecule has 1 unspecified atom stereocenters. The van der Waals surface area contributed by atoms with Gasteiger partial charge in [0.2, 0.25) is 0 Å². The highest BCUT2D eigenvalue weighted by atomic mass is 19.2. The van der Waals surface area contributed by atoms with E-state index < -0.39 is 29.2 Å². The van der Waals surface area contributed by atoms with E-state index in [4.69, 9.17) is 0 Å². The monoisotopic (exact) mass is 355 g/mol. The lowest BCUT2D eigenvalue weighted by Gasteiger charge is -2.25. The number of nitrogens with zero attached hydrogens (tertiary/aromatic N) is 1. The molecular weight excluding hydrogens is 338 g/mol. The van der Waals surface area contributed by atoms with E-state index in [0.717, 1.165) is 17.7 Å². The summed E-state index contributed by atoms with van der Waals surface area (Å²) >= 11 is 0. The minimum atomic E-state index is -1.66. The molecule has 0 heterocycles. The number of likely N-dealkylation sites (N-methyl/N-ethyl adjacent to an activating group) is 1.